The first-order valence-electron chi connectivity index (χ1n) is 1.53. The van der Waals surface area contributed by atoms with Crippen LogP contribution in [0.15, 0.2) is 0 Å². The van der Waals surface area contributed by atoms with Crippen molar-refractivity contribution in [1.29, 1.82) is 0 Å². The second-order valence-corrected chi connectivity index (χ2v) is 3.68. The van der Waals surface area contributed by atoms with E-state index in [-0.39, 0.29) is 242 Å². The Morgan fingerprint density at radius 2 is 0.929 bits per heavy atom. The normalized spacial score (nSPS) is 8.86. The molecule has 0 saturated heterocycles. The molecule has 0 aliphatic rings. The molecule has 0 atom stereocenters. The Kier molecular flexibility index (Phi) is 50.9. The van der Waals surface area contributed by atoms with Gasteiger partial charge in [0.05, 0.1) is 0 Å². The Balaban J connectivity index is -0.00000000711. The molecule has 0 heterocycles. The summed E-state index contributed by atoms with van der Waals surface area (Å²) in [6.45, 7) is 0. The summed E-state index contributed by atoms with van der Waals surface area (Å²) < 4.78 is 22.2. The molecule has 0 fully saturated rings. The SMILES string of the molecule is O=P(O)(O)OP(=O)(O)O.[H-].[H-].[H-].[H-].[H-].[K+].[K+].[K+].[K+].[Na+]. The van der Waals surface area contributed by atoms with Crippen LogP contribution in [0.3, 0.4) is 0 Å². The van der Waals surface area contributed by atoms with Gasteiger partial charge < -0.3 is 26.7 Å². The van der Waals surface area contributed by atoms with E-state index in [1.165, 1.54) is 0 Å². The molecule has 0 aromatic rings. The van der Waals surface area contributed by atoms with Gasteiger partial charge in [-0.25, -0.2) is 9.13 Å². The molecule has 0 unspecified atom stereocenters. The third kappa shape index (κ3) is 36.7. The van der Waals surface area contributed by atoms with E-state index >= 15 is 0 Å². The van der Waals surface area contributed by atoms with E-state index in [4.69, 9.17) is 19.6 Å². The third-order valence-electron chi connectivity index (χ3n) is 0.213. The van der Waals surface area contributed by atoms with E-state index in [2.05, 4.69) is 4.31 Å². The summed E-state index contributed by atoms with van der Waals surface area (Å²) in [6, 6.07) is 0. The smallest absolute Gasteiger partial charge is 1.00 e. The molecule has 0 bridgehead atoms. The Hall–Kier alpha value is 7.81. The van der Waals surface area contributed by atoms with Crippen LogP contribution in [0.2, 0.25) is 0 Å². The van der Waals surface area contributed by atoms with Crippen LogP contribution in [0.1, 0.15) is 7.13 Å². The summed E-state index contributed by atoms with van der Waals surface area (Å²) in [7, 11) is -10.1. The maximum absolute atomic E-state index is 9.63. The predicted octanol–water partition coefficient (Wildman–Crippen LogP) is -15.2. The van der Waals surface area contributed by atoms with E-state index < -0.39 is 15.6 Å². The van der Waals surface area contributed by atoms with Gasteiger partial charge in [-0.1, -0.05) is 0 Å². The Bertz CT molecular complexity index is 180. The second-order valence-electron chi connectivity index (χ2n) is 1.06. The van der Waals surface area contributed by atoms with E-state index in [9.17, 15) is 9.13 Å². The fourth-order valence-electron chi connectivity index (χ4n) is 0.139. The summed E-state index contributed by atoms with van der Waals surface area (Å²) >= 11 is 0. The minimum absolute atomic E-state index is 0. The molecular formula is H9K4NaO7P2. The molecule has 0 amide bonds. The first-order valence-corrected chi connectivity index (χ1v) is 4.59. The minimum atomic E-state index is -5.05. The second kappa shape index (κ2) is 18.9. The summed E-state index contributed by atoms with van der Waals surface area (Å²) in [5.41, 5.74) is 0. The van der Waals surface area contributed by atoms with Crippen molar-refractivity contribution < 1.29 is 275 Å². The van der Waals surface area contributed by atoms with Crippen LogP contribution in [-0.2, 0) is 13.4 Å². The first-order chi connectivity index (χ1) is 3.71. The van der Waals surface area contributed by atoms with E-state index in [1.54, 1.807) is 0 Å². The van der Waals surface area contributed by atoms with E-state index in [0.29, 0.717) is 0 Å². The summed E-state index contributed by atoms with van der Waals surface area (Å²) in [5.74, 6) is 0. The van der Waals surface area contributed by atoms with Gasteiger partial charge >= 0.3 is 251 Å². The Morgan fingerprint density at radius 1 is 0.786 bits per heavy atom. The van der Waals surface area contributed by atoms with E-state index in [1.807, 2.05) is 0 Å². The molecule has 0 saturated carbocycles. The molecule has 14 heteroatoms. The van der Waals surface area contributed by atoms with Crippen molar-refractivity contribution in [1.82, 2.24) is 0 Å². The average molecular weight is 362 g/mol. The summed E-state index contributed by atoms with van der Waals surface area (Å²) in [5, 5.41) is 0. The van der Waals surface area contributed by atoms with Crippen LogP contribution >= 0.6 is 15.6 Å². The van der Waals surface area contributed by atoms with Crippen molar-refractivity contribution in [3.63, 3.8) is 0 Å². The minimum Gasteiger partial charge on any atom is -1.00 e. The van der Waals surface area contributed by atoms with Crippen LogP contribution in [0.5, 0.6) is 0 Å². The van der Waals surface area contributed by atoms with Gasteiger partial charge in [0.1, 0.15) is 0 Å². The molecule has 7 nitrogen and oxygen atoms in total. The van der Waals surface area contributed by atoms with Gasteiger partial charge in [-0.05, 0) is 0 Å². The molecule has 14 heavy (non-hydrogen) atoms. The van der Waals surface area contributed by atoms with Crippen molar-refractivity contribution in [3.05, 3.63) is 0 Å². The predicted molar refractivity (Wildman–Crippen MR) is 30.7 cm³/mol. The third-order valence-corrected chi connectivity index (χ3v) is 1.91. The molecule has 4 N–H and O–H groups in total. The number of phosphoric acid groups is 2. The number of hydrogen-bond acceptors (Lipinski definition) is 3. The number of rotatable bonds is 2. The summed E-state index contributed by atoms with van der Waals surface area (Å²) in [6.07, 6.45) is 0. The topological polar surface area (TPSA) is 124 Å². The van der Waals surface area contributed by atoms with Gasteiger partial charge in [-0.3, -0.25) is 0 Å². The molecule has 66 valence electrons. The summed E-state index contributed by atoms with van der Waals surface area (Å²) in [4.78, 5) is 31.0. The zero-order valence-corrected chi connectivity index (χ0v) is 25.2. The van der Waals surface area contributed by atoms with Gasteiger partial charge in [-0.15, -0.1) is 0 Å². The van der Waals surface area contributed by atoms with Gasteiger partial charge in [0, 0.05) is 0 Å². The van der Waals surface area contributed by atoms with Crippen LogP contribution in [0, 0.1) is 0 Å². The Labute approximate surface area is 281 Å². The van der Waals surface area contributed by atoms with Crippen LogP contribution < -0.4 is 235 Å². The zero-order chi connectivity index (χ0) is 7.71. The average Bonchev–Trinajstić information content (AvgIpc) is 1.14. The molecule has 0 aromatic carbocycles. The molecule has 0 aliphatic carbocycles. The first kappa shape index (κ1) is 37.8. The van der Waals surface area contributed by atoms with Crippen molar-refractivity contribution >= 4 is 15.6 Å². The molecule has 0 radical (unpaired) electrons. The van der Waals surface area contributed by atoms with Crippen molar-refractivity contribution in [3.8, 4) is 0 Å². The Morgan fingerprint density at radius 3 is 0.929 bits per heavy atom. The van der Waals surface area contributed by atoms with Gasteiger partial charge in [-0.2, -0.15) is 4.31 Å². The quantitative estimate of drug-likeness (QED) is 0.284. The largest absolute Gasteiger partial charge is 1.00 e. The van der Waals surface area contributed by atoms with Crippen molar-refractivity contribution in [2.75, 3.05) is 0 Å². The maximum Gasteiger partial charge on any atom is 1.00 e. The van der Waals surface area contributed by atoms with Gasteiger partial charge in [0.25, 0.3) is 0 Å². The van der Waals surface area contributed by atoms with Gasteiger partial charge in [0.2, 0.25) is 0 Å². The molecule has 0 aliphatic heterocycles. The molecule has 0 rings (SSSR count). The van der Waals surface area contributed by atoms with E-state index in [0.717, 1.165) is 0 Å². The fraction of sp³-hybridized carbons (Fsp3) is 0. The van der Waals surface area contributed by atoms with Crippen molar-refractivity contribution in [2.24, 2.45) is 0 Å². The zero-order valence-electron chi connectivity index (χ0n) is 13.9. The molecule has 0 spiro atoms. The standard InChI is InChI=1S/4K.Na.H4O7P2.5H/c;;;;;1-8(2,3)7-9(4,5)6;;;;;/h;;;;;(H2,1,2,3)(H2,4,5,6);;;;;/q5*+1;;5*-1. The van der Waals surface area contributed by atoms with Crippen LogP contribution in [0.4, 0.5) is 0 Å². The number of hydrogen-bond donors (Lipinski definition) is 4. The monoisotopic (exact) mass is 362 g/mol. The van der Waals surface area contributed by atoms with Crippen LogP contribution in [0.25, 0.3) is 0 Å². The molecule has 0 aromatic heterocycles. The van der Waals surface area contributed by atoms with Gasteiger partial charge in [0.15, 0.2) is 0 Å². The van der Waals surface area contributed by atoms with Crippen LogP contribution in [-0.4, -0.2) is 19.6 Å². The van der Waals surface area contributed by atoms with Crippen molar-refractivity contribution in [2.45, 2.75) is 0 Å². The fourth-order valence-corrected chi connectivity index (χ4v) is 1.25. The maximum atomic E-state index is 9.63. The molecular weight excluding hydrogens is 353 g/mol.